The first-order chi connectivity index (χ1) is 16.4. The first-order valence-corrected chi connectivity index (χ1v) is 11.6. The summed E-state index contributed by atoms with van der Waals surface area (Å²) in [6.45, 7) is 4.01. The minimum atomic E-state index is -0.840. The van der Waals surface area contributed by atoms with E-state index in [0.29, 0.717) is 43.4 Å². The Morgan fingerprint density at radius 3 is 2.26 bits per heavy atom. The molecule has 0 radical (unpaired) electrons. The van der Waals surface area contributed by atoms with Gasteiger partial charge in [0, 0.05) is 5.56 Å². The molecule has 0 atom stereocenters. The number of aryl methyl sites for hydroxylation is 1. The third-order valence-corrected chi connectivity index (χ3v) is 6.33. The van der Waals surface area contributed by atoms with Crippen LogP contribution >= 0.6 is 0 Å². The molecule has 3 aromatic carbocycles. The summed E-state index contributed by atoms with van der Waals surface area (Å²) in [5.41, 5.74) is 2.39. The molecule has 1 aliphatic carbocycles. The Morgan fingerprint density at radius 2 is 1.62 bits per heavy atom. The Morgan fingerprint density at radius 1 is 0.912 bits per heavy atom. The molecule has 0 bridgehead atoms. The van der Waals surface area contributed by atoms with Crippen molar-refractivity contribution < 1.29 is 27.4 Å². The van der Waals surface area contributed by atoms with Crippen molar-refractivity contribution in [1.29, 1.82) is 0 Å². The van der Waals surface area contributed by atoms with Crippen molar-refractivity contribution in [2.45, 2.75) is 51.6 Å². The van der Waals surface area contributed by atoms with Gasteiger partial charge in [-0.15, -0.1) is 0 Å². The van der Waals surface area contributed by atoms with Crippen LogP contribution in [0.15, 0.2) is 54.6 Å². The van der Waals surface area contributed by atoms with Crippen LogP contribution in [0, 0.1) is 24.4 Å². The second-order valence-electron chi connectivity index (χ2n) is 8.65. The summed E-state index contributed by atoms with van der Waals surface area (Å²) < 4.78 is 54.6. The van der Waals surface area contributed by atoms with Gasteiger partial charge in [0.25, 0.3) is 0 Å². The summed E-state index contributed by atoms with van der Waals surface area (Å²) in [6, 6.07) is 14.6. The van der Waals surface area contributed by atoms with E-state index >= 15 is 0 Å². The molecule has 0 N–H and O–H groups in total. The molecule has 0 unspecified atom stereocenters. The maximum atomic E-state index is 15.0. The van der Waals surface area contributed by atoms with Crippen LogP contribution < -0.4 is 4.74 Å². The summed E-state index contributed by atoms with van der Waals surface area (Å²) in [5, 5.41) is 0. The van der Waals surface area contributed by atoms with Crippen molar-refractivity contribution in [1.82, 2.24) is 0 Å². The monoisotopic (exact) mass is 468 g/mol. The van der Waals surface area contributed by atoms with Crippen molar-refractivity contribution in [2.24, 2.45) is 0 Å². The highest BCUT2D eigenvalue weighted by Gasteiger charge is 2.28. The van der Waals surface area contributed by atoms with Crippen molar-refractivity contribution in [3.8, 4) is 16.9 Å². The average molecular weight is 469 g/mol. The minimum Gasteiger partial charge on any atom is -0.491 e. The lowest BCUT2D eigenvalue weighted by Gasteiger charge is -2.29. The van der Waals surface area contributed by atoms with Crippen LogP contribution in [0.4, 0.5) is 13.2 Å². The highest BCUT2D eigenvalue weighted by molar-refractivity contribution is 5.89. The number of rotatable bonds is 6. The maximum absolute atomic E-state index is 15.0. The Balaban J connectivity index is 1.39. The quantitative estimate of drug-likeness (QED) is 0.355. The first-order valence-electron chi connectivity index (χ1n) is 11.6. The molecule has 3 nitrogen and oxygen atoms in total. The Bertz CT molecular complexity index is 1170. The molecule has 0 aliphatic heterocycles. The van der Waals surface area contributed by atoms with Gasteiger partial charge in [0.05, 0.1) is 12.2 Å². The van der Waals surface area contributed by atoms with Gasteiger partial charge in [-0.25, -0.2) is 18.0 Å². The fraction of sp³-hybridized carbons (Fsp3) is 0.321. The van der Waals surface area contributed by atoms with Crippen LogP contribution in [0.5, 0.6) is 5.75 Å². The van der Waals surface area contributed by atoms with E-state index in [1.165, 1.54) is 12.1 Å². The van der Waals surface area contributed by atoms with Crippen molar-refractivity contribution in [2.75, 3.05) is 6.61 Å². The predicted molar refractivity (Wildman–Crippen MR) is 125 cm³/mol. The second-order valence-corrected chi connectivity index (χ2v) is 8.65. The van der Waals surface area contributed by atoms with E-state index in [4.69, 9.17) is 9.47 Å². The summed E-state index contributed by atoms with van der Waals surface area (Å²) in [5.74, 6) is -2.95. The normalized spacial score (nSPS) is 17.9. The second kappa shape index (κ2) is 10.3. The molecule has 6 heteroatoms. The van der Waals surface area contributed by atoms with Gasteiger partial charge in [-0.2, -0.15) is 0 Å². The minimum absolute atomic E-state index is 0.0854. The fourth-order valence-electron chi connectivity index (χ4n) is 4.45. The first kappa shape index (κ1) is 23.9. The molecule has 3 aromatic rings. The Kier molecular flexibility index (Phi) is 7.25. The van der Waals surface area contributed by atoms with E-state index < -0.39 is 23.4 Å². The number of hydrogen-bond donors (Lipinski definition) is 0. The third-order valence-electron chi connectivity index (χ3n) is 6.33. The molecule has 0 aromatic heterocycles. The number of carbonyl (C=O) groups excluding carboxylic acids is 1. The summed E-state index contributed by atoms with van der Waals surface area (Å²) in [6.07, 6.45) is 1.83. The number of carbonyl (C=O) groups is 1. The average Bonchev–Trinajstić information content (AvgIpc) is 2.83. The third kappa shape index (κ3) is 5.11. The number of ether oxygens (including phenoxy) is 2. The zero-order valence-electron chi connectivity index (χ0n) is 19.2. The van der Waals surface area contributed by atoms with E-state index in [9.17, 15) is 18.0 Å². The highest BCUT2D eigenvalue weighted by atomic mass is 19.2. The van der Waals surface area contributed by atoms with Crippen LogP contribution in [0.1, 0.15) is 60.0 Å². The van der Waals surface area contributed by atoms with E-state index in [1.54, 1.807) is 31.2 Å². The van der Waals surface area contributed by atoms with Gasteiger partial charge in [0.15, 0.2) is 23.2 Å². The SMILES string of the molecule is CCOc1ccc(C(=O)OC2CCC(c3ccc(-c4ccc(C)cc4)c(F)c3F)CC2)cc1F. The number of benzene rings is 3. The van der Waals surface area contributed by atoms with E-state index in [0.717, 1.165) is 11.6 Å². The highest BCUT2D eigenvalue weighted by Crippen LogP contribution is 2.38. The molecular weight excluding hydrogens is 441 g/mol. The molecule has 0 saturated heterocycles. The molecule has 1 fully saturated rings. The largest absolute Gasteiger partial charge is 0.491 e. The van der Waals surface area contributed by atoms with Crippen molar-refractivity contribution in [3.05, 3.63) is 88.7 Å². The molecule has 1 saturated carbocycles. The van der Waals surface area contributed by atoms with Gasteiger partial charge < -0.3 is 9.47 Å². The molecular formula is C28H27F3O3. The van der Waals surface area contributed by atoms with Crippen LogP contribution in [0.25, 0.3) is 11.1 Å². The molecule has 1 aliphatic rings. The molecule has 34 heavy (non-hydrogen) atoms. The fourth-order valence-corrected chi connectivity index (χ4v) is 4.45. The van der Waals surface area contributed by atoms with Crippen molar-refractivity contribution >= 4 is 5.97 Å². The van der Waals surface area contributed by atoms with Gasteiger partial charge in [-0.3, -0.25) is 0 Å². The molecule has 0 spiro atoms. The van der Waals surface area contributed by atoms with Crippen LogP contribution in [0.3, 0.4) is 0 Å². The van der Waals surface area contributed by atoms with Gasteiger partial charge in [-0.1, -0.05) is 42.0 Å². The molecule has 4 rings (SSSR count). The van der Waals surface area contributed by atoms with Gasteiger partial charge in [-0.05, 0) is 74.8 Å². The summed E-state index contributed by atoms with van der Waals surface area (Å²) in [7, 11) is 0. The maximum Gasteiger partial charge on any atom is 0.338 e. The van der Waals surface area contributed by atoms with Gasteiger partial charge in [0.1, 0.15) is 6.10 Å². The van der Waals surface area contributed by atoms with Crippen molar-refractivity contribution in [3.63, 3.8) is 0 Å². The van der Waals surface area contributed by atoms with Crippen LogP contribution in [-0.4, -0.2) is 18.7 Å². The van der Waals surface area contributed by atoms with Crippen LogP contribution in [0.2, 0.25) is 0 Å². The zero-order valence-corrected chi connectivity index (χ0v) is 19.2. The smallest absolute Gasteiger partial charge is 0.338 e. The number of hydrogen-bond acceptors (Lipinski definition) is 3. The Labute approximate surface area is 197 Å². The lowest BCUT2D eigenvalue weighted by Crippen LogP contribution is -2.24. The molecule has 178 valence electrons. The number of halogens is 3. The summed E-state index contributed by atoms with van der Waals surface area (Å²) in [4.78, 5) is 12.4. The van der Waals surface area contributed by atoms with E-state index in [2.05, 4.69) is 0 Å². The topological polar surface area (TPSA) is 35.5 Å². The standard InChI is InChI=1S/C28H27F3O3/c1-3-33-25-15-10-20(16-24(25)29)28(32)34-21-11-8-19(9-12-21)23-14-13-22(26(30)27(23)31)18-6-4-17(2)5-7-18/h4-7,10,13-16,19,21H,3,8-9,11-12H2,1-2H3. The molecule has 0 heterocycles. The van der Waals surface area contributed by atoms with Gasteiger partial charge >= 0.3 is 5.97 Å². The lowest BCUT2D eigenvalue weighted by atomic mass is 9.82. The zero-order chi connectivity index (χ0) is 24.2. The van der Waals surface area contributed by atoms with E-state index in [-0.39, 0.29) is 28.9 Å². The Hall–Kier alpha value is -3.28. The lowest BCUT2D eigenvalue weighted by molar-refractivity contribution is 0.0193. The van der Waals surface area contributed by atoms with Crippen LogP contribution in [-0.2, 0) is 4.74 Å². The summed E-state index contributed by atoms with van der Waals surface area (Å²) >= 11 is 0. The number of esters is 1. The predicted octanol–water partition coefficient (Wildman–Crippen LogP) is 7.36. The molecule has 0 amide bonds. The van der Waals surface area contributed by atoms with Gasteiger partial charge in [0.2, 0.25) is 0 Å². The van der Waals surface area contributed by atoms with E-state index in [1.807, 2.05) is 19.1 Å².